The monoisotopic (exact) mass is 482 g/mol. The molecule has 1 saturated heterocycles. The molecule has 34 heavy (non-hydrogen) atoms. The van der Waals surface area contributed by atoms with E-state index in [0.29, 0.717) is 27.9 Å². The van der Waals surface area contributed by atoms with E-state index < -0.39 is 5.91 Å². The molecule has 176 valence electrons. The van der Waals surface area contributed by atoms with Gasteiger partial charge in [-0.3, -0.25) is 19.3 Å². The zero-order valence-electron chi connectivity index (χ0n) is 18.5. The molecule has 4 rings (SSSR count). The lowest BCUT2D eigenvalue weighted by molar-refractivity contribution is -0.123. The van der Waals surface area contributed by atoms with Crippen molar-refractivity contribution in [2.45, 2.75) is 0 Å². The Morgan fingerprint density at radius 1 is 1.06 bits per heavy atom. The van der Waals surface area contributed by atoms with Gasteiger partial charge in [-0.1, -0.05) is 6.07 Å². The van der Waals surface area contributed by atoms with Gasteiger partial charge in [0.15, 0.2) is 11.5 Å². The maximum atomic E-state index is 12.7. The van der Waals surface area contributed by atoms with Gasteiger partial charge in [0.1, 0.15) is 11.5 Å². The van der Waals surface area contributed by atoms with Crippen LogP contribution < -0.4 is 24.3 Å². The lowest BCUT2D eigenvalue weighted by atomic mass is 10.2. The van der Waals surface area contributed by atoms with Crippen LogP contribution in [0.1, 0.15) is 11.1 Å². The number of hydrogen-bond acceptors (Lipinski definition) is 8. The predicted molar refractivity (Wildman–Crippen MR) is 127 cm³/mol. The maximum absolute atomic E-state index is 12.7. The number of nitrogens with one attached hydrogen (secondary N) is 1. The van der Waals surface area contributed by atoms with Crippen molar-refractivity contribution in [2.24, 2.45) is 0 Å². The number of methoxy groups -OCH3 is 2. The molecule has 9 nitrogen and oxygen atoms in total. The second kappa shape index (κ2) is 10.3. The van der Waals surface area contributed by atoms with Gasteiger partial charge in [0.2, 0.25) is 12.7 Å². The van der Waals surface area contributed by atoms with Crippen molar-refractivity contribution in [1.29, 1.82) is 0 Å². The lowest BCUT2D eigenvalue weighted by Gasteiger charge is -2.12. The topological polar surface area (TPSA) is 103 Å². The largest absolute Gasteiger partial charge is 0.497 e. The van der Waals surface area contributed by atoms with Gasteiger partial charge >= 0.3 is 0 Å². The first-order valence-corrected chi connectivity index (χ1v) is 11.1. The summed E-state index contributed by atoms with van der Waals surface area (Å²) in [5.74, 6) is 1.68. The average Bonchev–Trinajstić information content (AvgIpc) is 3.41. The van der Waals surface area contributed by atoms with Gasteiger partial charge < -0.3 is 24.3 Å². The third kappa shape index (κ3) is 5.34. The summed E-state index contributed by atoms with van der Waals surface area (Å²) in [6, 6.07) is 10.5. The fraction of sp³-hybridized carbons (Fsp3) is 0.208. The molecule has 0 spiro atoms. The molecule has 0 aliphatic carbocycles. The maximum Gasteiger partial charge on any atom is 0.293 e. The summed E-state index contributed by atoms with van der Waals surface area (Å²) < 4.78 is 21.0. The van der Waals surface area contributed by atoms with Gasteiger partial charge in [-0.15, -0.1) is 0 Å². The second-order valence-corrected chi connectivity index (χ2v) is 8.21. The highest BCUT2D eigenvalue weighted by molar-refractivity contribution is 8.18. The molecule has 0 atom stereocenters. The first-order valence-electron chi connectivity index (χ1n) is 10.3. The van der Waals surface area contributed by atoms with Gasteiger partial charge in [0.05, 0.1) is 19.1 Å². The highest BCUT2D eigenvalue weighted by Gasteiger charge is 2.34. The molecule has 2 aromatic carbocycles. The highest BCUT2D eigenvalue weighted by Crippen LogP contribution is 2.36. The summed E-state index contributed by atoms with van der Waals surface area (Å²) in [6.07, 6.45) is 4.62. The summed E-state index contributed by atoms with van der Waals surface area (Å²) in [6.45, 7) is 0.347. The minimum Gasteiger partial charge on any atom is -0.497 e. The number of thioether (sulfide) groups is 1. The van der Waals surface area contributed by atoms with E-state index in [0.717, 1.165) is 27.8 Å². The molecule has 1 fully saturated rings. The first kappa shape index (κ1) is 23.2. The number of amides is 3. The summed E-state index contributed by atoms with van der Waals surface area (Å²) >= 11 is 0.859. The number of fused-ring (bicyclic) bond motifs is 1. The minimum atomic E-state index is -0.402. The number of ether oxygens (including phenoxy) is 4. The van der Waals surface area contributed by atoms with Crippen molar-refractivity contribution in [3.63, 3.8) is 0 Å². The summed E-state index contributed by atoms with van der Waals surface area (Å²) in [7, 11) is 3.09. The predicted octanol–water partition coefficient (Wildman–Crippen LogP) is 3.30. The first-order chi connectivity index (χ1) is 16.5. The van der Waals surface area contributed by atoms with Crippen molar-refractivity contribution in [3.8, 4) is 23.0 Å². The molecule has 3 amide bonds. The van der Waals surface area contributed by atoms with E-state index in [1.54, 1.807) is 62.8 Å². The van der Waals surface area contributed by atoms with Gasteiger partial charge in [0, 0.05) is 25.2 Å². The van der Waals surface area contributed by atoms with E-state index in [1.165, 1.54) is 6.08 Å². The molecule has 2 aliphatic heterocycles. The number of hydrogen-bond donors (Lipinski definition) is 1. The van der Waals surface area contributed by atoms with Gasteiger partial charge in [-0.2, -0.15) is 0 Å². The molecule has 0 aromatic heterocycles. The molecule has 0 radical (unpaired) electrons. The molecule has 0 bridgehead atoms. The molecule has 2 aliphatic rings. The Hall–Kier alpha value is -3.92. The van der Waals surface area contributed by atoms with Crippen LogP contribution in [0.3, 0.4) is 0 Å². The van der Waals surface area contributed by atoms with E-state index in [1.807, 2.05) is 0 Å². The third-order valence-electron chi connectivity index (χ3n) is 5.00. The smallest absolute Gasteiger partial charge is 0.293 e. The van der Waals surface area contributed by atoms with Gasteiger partial charge in [-0.25, -0.2) is 0 Å². The summed E-state index contributed by atoms with van der Waals surface area (Å²) in [4.78, 5) is 38.6. The number of carbonyl (C=O) groups is 3. The van der Waals surface area contributed by atoms with E-state index in [4.69, 9.17) is 18.9 Å². The summed E-state index contributed by atoms with van der Waals surface area (Å²) in [5.41, 5.74) is 1.45. The Balaban J connectivity index is 1.31. The fourth-order valence-corrected chi connectivity index (χ4v) is 4.16. The number of carbonyl (C=O) groups excluding carboxylic acids is 3. The van der Waals surface area contributed by atoms with Crippen LogP contribution in [0.5, 0.6) is 23.0 Å². The normalized spacial score (nSPS) is 15.9. The van der Waals surface area contributed by atoms with Crippen LogP contribution in [0.25, 0.3) is 12.2 Å². The molecule has 2 heterocycles. The van der Waals surface area contributed by atoms with Gasteiger partial charge in [-0.05, 0) is 59.3 Å². The Morgan fingerprint density at radius 2 is 1.79 bits per heavy atom. The van der Waals surface area contributed by atoms with Crippen molar-refractivity contribution in [1.82, 2.24) is 10.2 Å². The van der Waals surface area contributed by atoms with Crippen molar-refractivity contribution in [2.75, 3.05) is 34.1 Å². The van der Waals surface area contributed by atoms with E-state index in [2.05, 4.69) is 5.32 Å². The zero-order chi connectivity index (χ0) is 24.1. The molecule has 0 unspecified atom stereocenters. The van der Waals surface area contributed by atoms with Crippen LogP contribution in [-0.4, -0.2) is 56.1 Å². The second-order valence-electron chi connectivity index (χ2n) is 7.22. The van der Waals surface area contributed by atoms with E-state index in [9.17, 15) is 14.4 Å². The number of benzene rings is 2. The highest BCUT2D eigenvalue weighted by atomic mass is 32.2. The van der Waals surface area contributed by atoms with Crippen molar-refractivity contribution in [3.05, 3.63) is 58.5 Å². The average molecular weight is 483 g/mol. The molecule has 10 heteroatoms. The lowest BCUT2D eigenvalue weighted by Crippen LogP contribution is -2.36. The molecular weight excluding hydrogens is 460 g/mol. The summed E-state index contributed by atoms with van der Waals surface area (Å²) in [5, 5.41) is 2.29. The quantitative estimate of drug-likeness (QED) is 0.572. The van der Waals surface area contributed by atoms with Crippen LogP contribution in [0.4, 0.5) is 4.79 Å². The van der Waals surface area contributed by atoms with Crippen LogP contribution in [0.2, 0.25) is 0 Å². The molecular formula is C24H22N2O7S. The number of rotatable bonds is 8. The Labute approximate surface area is 200 Å². The standard InChI is InChI=1S/C24H22N2O7S/c1-30-17-9-15(10-18(13-17)31-2)4-6-22(27)25-7-8-26-23(28)21(34-24(26)29)12-16-3-5-19-20(11-16)33-14-32-19/h3-6,9-13H,7-8,14H2,1-2H3,(H,25,27)/b6-4+,21-12-. The van der Waals surface area contributed by atoms with Crippen LogP contribution in [0, 0.1) is 0 Å². The number of imide groups is 1. The Bertz CT molecular complexity index is 1170. The third-order valence-corrected chi connectivity index (χ3v) is 5.91. The fourth-order valence-electron chi connectivity index (χ4n) is 3.29. The zero-order valence-corrected chi connectivity index (χ0v) is 19.3. The van der Waals surface area contributed by atoms with Crippen LogP contribution in [-0.2, 0) is 9.59 Å². The minimum absolute atomic E-state index is 0.0652. The number of nitrogens with zero attached hydrogens (tertiary/aromatic N) is 1. The molecule has 1 N–H and O–H groups in total. The molecule has 0 saturated carbocycles. The van der Waals surface area contributed by atoms with Crippen LogP contribution in [0.15, 0.2) is 47.4 Å². The van der Waals surface area contributed by atoms with E-state index in [-0.39, 0.29) is 31.0 Å². The Kier molecular flexibility index (Phi) is 7.07. The SMILES string of the molecule is COc1cc(/C=C/C(=O)NCCN2C(=O)S/C(=C\c3ccc4c(c3)OCO4)C2=O)cc(OC)c1. The molecule has 2 aromatic rings. The van der Waals surface area contributed by atoms with Crippen LogP contribution >= 0.6 is 11.8 Å². The Morgan fingerprint density at radius 3 is 2.53 bits per heavy atom. The van der Waals surface area contributed by atoms with E-state index >= 15 is 0 Å². The van der Waals surface area contributed by atoms with Crippen molar-refractivity contribution >= 4 is 41.0 Å². The van der Waals surface area contributed by atoms with Crippen molar-refractivity contribution < 1.29 is 33.3 Å². The van der Waals surface area contributed by atoms with Gasteiger partial charge in [0.25, 0.3) is 11.1 Å².